The molecule has 2 heterocycles. The van der Waals surface area contributed by atoms with E-state index in [1.807, 2.05) is 18.4 Å². The minimum Gasteiger partial charge on any atom is -0.475 e. The van der Waals surface area contributed by atoms with Gasteiger partial charge in [0.05, 0.1) is 23.7 Å². The highest BCUT2D eigenvalue weighted by Gasteiger charge is 2.52. The number of aryl methyl sites for hydroxylation is 1. The number of benzene rings is 1. The Kier molecular flexibility index (Phi) is 5.26. The molecule has 1 saturated heterocycles. The van der Waals surface area contributed by atoms with Crippen molar-refractivity contribution in [3.63, 3.8) is 0 Å². The van der Waals surface area contributed by atoms with Gasteiger partial charge in [-0.1, -0.05) is 11.6 Å². The Hall–Kier alpha value is -2.37. The van der Waals surface area contributed by atoms with Crippen LogP contribution in [0.15, 0.2) is 17.5 Å². The van der Waals surface area contributed by atoms with Crippen LogP contribution in [0.1, 0.15) is 37.0 Å². The zero-order chi connectivity index (χ0) is 20.7. The van der Waals surface area contributed by atoms with Gasteiger partial charge >= 0.3 is 6.09 Å². The lowest BCUT2D eigenvalue weighted by atomic mass is 9.94. The maximum Gasteiger partial charge on any atom is 0.410 e. The molecule has 1 fully saturated rings. The van der Waals surface area contributed by atoms with Gasteiger partial charge in [0.15, 0.2) is 5.60 Å². The predicted molar refractivity (Wildman–Crippen MR) is 103 cm³/mol. The second kappa shape index (κ2) is 7.22. The molecule has 0 saturated carbocycles. The minimum atomic E-state index is -0.956. The molecule has 28 heavy (non-hydrogen) atoms. The van der Waals surface area contributed by atoms with Gasteiger partial charge in [0.1, 0.15) is 28.2 Å². The fourth-order valence-corrected chi connectivity index (χ4v) is 3.81. The molecule has 1 aliphatic rings. The second-order valence-corrected chi connectivity index (χ2v) is 8.87. The Morgan fingerprint density at radius 3 is 2.64 bits per heavy atom. The average Bonchev–Trinajstić information content (AvgIpc) is 2.98. The van der Waals surface area contributed by atoms with Crippen LogP contribution < -0.4 is 4.74 Å². The van der Waals surface area contributed by atoms with E-state index in [0.717, 1.165) is 11.8 Å². The number of nitriles is 1. The first-order valence-corrected chi connectivity index (χ1v) is 9.77. The largest absolute Gasteiger partial charge is 0.475 e. The van der Waals surface area contributed by atoms with Crippen LogP contribution in [0, 0.1) is 24.1 Å². The lowest BCUT2D eigenvalue weighted by Gasteiger charge is -2.48. The summed E-state index contributed by atoms with van der Waals surface area (Å²) >= 11 is 7.27. The Morgan fingerprint density at radius 1 is 1.43 bits per heavy atom. The van der Waals surface area contributed by atoms with Gasteiger partial charge in [0, 0.05) is 17.1 Å². The molecule has 6 nitrogen and oxygen atoms in total. The van der Waals surface area contributed by atoms with Crippen molar-refractivity contribution in [1.82, 2.24) is 9.88 Å². The van der Waals surface area contributed by atoms with Crippen LogP contribution in [0.2, 0.25) is 5.02 Å². The van der Waals surface area contributed by atoms with Crippen molar-refractivity contribution >= 4 is 29.0 Å². The van der Waals surface area contributed by atoms with E-state index in [1.54, 1.807) is 20.8 Å². The summed E-state index contributed by atoms with van der Waals surface area (Å²) in [5.74, 6) is -0.556. The van der Waals surface area contributed by atoms with E-state index in [4.69, 9.17) is 21.1 Å². The van der Waals surface area contributed by atoms with Crippen molar-refractivity contribution in [2.45, 2.75) is 38.9 Å². The van der Waals surface area contributed by atoms with Gasteiger partial charge in [-0.05, 0) is 33.8 Å². The molecule has 0 unspecified atom stereocenters. The minimum absolute atomic E-state index is 0.0188. The van der Waals surface area contributed by atoms with Crippen LogP contribution in [-0.4, -0.2) is 34.7 Å². The normalized spacial score (nSPS) is 15.5. The van der Waals surface area contributed by atoms with E-state index in [0.29, 0.717) is 5.01 Å². The SMILES string of the molecule is Cc1csc(C2(Oc3cc(Cl)c(F)cc3C#N)CN(C(=O)OC(C)(C)C)C2)n1. The fourth-order valence-electron chi connectivity index (χ4n) is 2.74. The predicted octanol–water partition coefficient (Wildman–Crippen LogP) is 4.64. The Bertz CT molecular complexity index is 958. The standard InChI is InChI=1S/C19H19ClFN3O3S/c1-11-8-28-16(23-11)19(9-24(10-19)17(25)27-18(2,3)4)26-15-6-13(20)14(21)5-12(15)7-22/h5-6,8H,9-10H2,1-4H3. The van der Waals surface area contributed by atoms with Crippen molar-refractivity contribution in [3.05, 3.63) is 44.6 Å². The van der Waals surface area contributed by atoms with Crippen LogP contribution in [0.5, 0.6) is 5.75 Å². The molecular formula is C19H19ClFN3O3S. The molecule has 0 bridgehead atoms. The van der Waals surface area contributed by atoms with Crippen molar-refractivity contribution < 1.29 is 18.7 Å². The zero-order valence-electron chi connectivity index (χ0n) is 15.9. The Balaban J connectivity index is 1.90. The monoisotopic (exact) mass is 423 g/mol. The van der Waals surface area contributed by atoms with Gasteiger partial charge < -0.3 is 9.47 Å². The summed E-state index contributed by atoms with van der Waals surface area (Å²) in [4.78, 5) is 18.3. The lowest BCUT2D eigenvalue weighted by molar-refractivity contribution is -0.0865. The maximum atomic E-state index is 13.7. The van der Waals surface area contributed by atoms with Gasteiger partial charge in [-0.2, -0.15) is 5.26 Å². The van der Waals surface area contributed by atoms with E-state index in [9.17, 15) is 14.4 Å². The highest BCUT2D eigenvalue weighted by atomic mass is 35.5. The lowest BCUT2D eigenvalue weighted by Crippen LogP contribution is -2.64. The average molecular weight is 424 g/mol. The first kappa shape index (κ1) is 20.4. The van der Waals surface area contributed by atoms with Crippen LogP contribution in [-0.2, 0) is 10.3 Å². The summed E-state index contributed by atoms with van der Waals surface area (Å²) in [6.07, 6.45) is -0.461. The van der Waals surface area contributed by atoms with Crippen LogP contribution in [0.4, 0.5) is 9.18 Å². The number of aromatic nitrogens is 1. The first-order chi connectivity index (χ1) is 13.0. The summed E-state index contributed by atoms with van der Waals surface area (Å²) in [7, 11) is 0. The van der Waals surface area contributed by atoms with Crippen molar-refractivity contribution in [2.24, 2.45) is 0 Å². The van der Waals surface area contributed by atoms with Crippen LogP contribution in [0.25, 0.3) is 0 Å². The number of rotatable bonds is 3. The third kappa shape index (κ3) is 4.05. The van der Waals surface area contributed by atoms with Crippen molar-refractivity contribution in [3.8, 4) is 11.8 Å². The van der Waals surface area contributed by atoms with E-state index < -0.39 is 23.1 Å². The molecule has 0 aliphatic carbocycles. The smallest absolute Gasteiger partial charge is 0.410 e. The topological polar surface area (TPSA) is 75.5 Å². The molecule has 3 rings (SSSR count). The summed E-state index contributed by atoms with van der Waals surface area (Å²) < 4.78 is 25.2. The molecule has 0 atom stereocenters. The Labute approximate surface area is 171 Å². The number of hydrogen-bond donors (Lipinski definition) is 0. The summed E-state index contributed by atoms with van der Waals surface area (Å²) in [6, 6.07) is 4.21. The van der Waals surface area contributed by atoms with Gasteiger partial charge in [-0.25, -0.2) is 14.2 Å². The molecule has 1 aliphatic heterocycles. The molecular weight excluding hydrogens is 405 g/mol. The molecule has 148 valence electrons. The third-order valence-electron chi connectivity index (χ3n) is 4.00. The molecule has 2 aromatic rings. The molecule has 1 amide bonds. The summed E-state index contributed by atoms with van der Waals surface area (Å²) in [6.45, 7) is 7.60. The highest BCUT2D eigenvalue weighted by molar-refractivity contribution is 7.09. The van der Waals surface area contributed by atoms with E-state index in [-0.39, 0.29) is 29.4 Å². The molecule has 1 aromatic heterocycles. The Morgan fingerprint density at radius 2 is 2.11 bits per heavy atom. The number of nitrogens with zero attached hydrogens (tertiary/aromatic N) is 3. The second-order valence-electron chi connectivity index (χ2n) is 7.60. The van der Waals surface area contributed by atoms with Crippen LogP contribution >= 0.6 is 22.9 Å². The van der Waals surface area contributed by atoms with Crippen molar-refractivity contribution in [2.75, 3.05) is 13.1 Å². The van der Waals surface area contributed by atoms with Gasteiger partial charge in [-0.15, -0.1) is 11.3 Å². The summed E-state index contributed by atoms with van der Waals surface area (Å²) in [5.41, 5.74) is -0.740. The van der Waals surface area contributed by atoms with E-state index >= 15 is 0 Å². The molecule has 1 aromatic carbocycles. The number of hydrogen-bond acceptors (Lipinski definition) is 6. The van der Waals surface area contributed by atoms with Crippen LogP contribution in [0.3, 0.4) is 0 Å². The number of halogens is 2. The fraction of sp³-hybridized carbons (Fsp3) is 0.421. The van der Waals surface area contributed by atoms with E-state index in [2.05, 4.69) is 4.98 Å². The summed E-state index contributed by atoms with van der Waals surface area (Å²) in [5, 5.41) is 11.7. The quantitative estimate of drug-likeness (QED) is 0.718. The maximum absolute atomic E-state index is 13.7. The third-order valence-corrected chi connectivity index (χ3v) is 5.44. The number of carbonyl (C=O) groups excluding carboxylic acids is 1. The van der Waals surface area contributed by atoms with Gasteiger partial charge in [-0.3, -0.25) is 4.90 Å². The number of thiazole rings is 1. The zero-order valence-corrected chi connectivity index (χ0v) is 17.4. The van der Waals surface area contributed by atoms with Gasteiger partial charge in [0.25, 0.3) is 0 Å². The van der Waals surface area contributed by atoms with E-state index in [1.165, 1.54) is 22.3 Å². The molecule has 9 heteroatoms. The number of amides is 1. The number of carbonyl (C=O) groups is 1. The van der Waals surface area contributed by atoms with Gasteiger partial charge in [0.2, 0.25) is 0 Å². The first-order valence-electron chi connectivity index (χ1n) is 8.52. The molecule has 0 N–H and O–H groups in total. The number of likely N-dealkylation sites (tertiary alicyclic amines) is 1. The molecule has 0 spiro atoms. The molecule has 0 radical (unpaired) electrons. The highest BCUT2D eigenvalue weighted by Crippen LogP contribution is 2.41. The van der Waals surface area contributed by atoms with Crippen molar-refractivity contribution in [1.29, 1.82) is 5.26 Å². The number of ether oxygens (including phenoxy) is 2.